The van der Waals surface area contributed by atoms with Crippen LogP contribution in [0, 0.1) is 11.8 Å². The van der Waals surface area contributed by atoms with Gasteiger partial charge < -0.3 is 5.73 Å². The fraction of sp³-hybridized carbons (Fsp3) is 0.778. The molecule has 0 saturated carbocycles. The molecule has 0 bridgehead atoms. The molecule has 1 rings (SSSR count). The second-order valence-electron chi connectivity index (χ2n) is 3.63. The summed E-state index contributed by atoms with van der Waals surface area (Å²) in [5.74, 6) is 1.40. The summed E-state index contributed by atoms with van der Waals surface area (Å²) < 4.78 is 0. The second kappa shape index (κ2) is 2.75. The molecule has 0 aromatic heterocycles. The normalized spacial score (nSPS) is 41.2. The molecule has 0 aliphatic heterocycles. The predicted molar refractivity (Wildman–Crippen MR) is 44.7 cm³/mol. The zero-order valence-electron chi connectivity index (χ0n) is 7.09. The zero-order chi connectivity index (χ0) is 7.72. The molecule has 0 aromatic rings. The first-order valence-corrected chi connectivity index (χ1v) is 4.05. The molecule has 0 fully saturated rings. The van der Waals surface area contributed by atoms with Crippen molar-refractivity contribution in [3.63, 3.8) is 0 Å². The van der Waals surface area contributed by atoms with Crippen LogP contribution in [0.25, 0.3) is 0 Å². The minimum absolute atomic E-state index is 0.316. The fourth-order valence-electron chi connectivity index (χ4n) is 1.81. The monoisotopic (exact) mass is 139 g/mol. The van der Waals surface area contributed by atoms with Gasteiger partial charge in [0, 0.05) is 6.04 Å². The van der Waals surface area contributed by atoms with E-state index in [2.05, 4.69) is 26.8 Å². The lowest BCUT2D eigenvalue weighted by Crippen LogP contribution is -2.33. The molecule has 10 heavy (non-hydrogen) atoms. The first kappa shape index (κ1) is 7.80. The Bertz CT molecular complexity index is 149. The van der Waals surface area contributed by atoms with Gasteiger partial charge in [0.15, 0.2) is 0 Å². The number of allylic oxidation sites excluding steroid dienone is 1. The van der Waals surface area contributed by atoms with E-state index in [0.29, 0.717) is 12.0 Å². The number of rotatable bonds is 0. The third-order valence-electron chi connectivity index (χ3n) is 2.43. The lowest BCUT2D eigenvalue weighted by Gasteiger charge is -2.28. The van der Waals surface area contributed by atoms with Crippen molar-refractivity contribution in [2.45, 2.75) is 33.2 Å². The maximum Gasteiger partial charge on any atom is 0.0277 e. The molecule has 0 heterocycles. The van der Waals surface area contributed by atoms with E-state index < -0.39 is 0 Å². The van der Waals surface area contributed by atoms with Crippen molar-refractivity contribution in [1.82, 2.24) is 0 Å². The van der Waals surface area contributed by atoms with Gasteiger partial charge >= 0.3 is 0 Å². The Kier molecular flexibility index (Phi) is 2.14. The number of hydrogen-bond acceptors (Lipinski definition) is 1. The Morgan fingerprint density at radius 2 is 2.10 bits per heavy atom. The Balaban J connectivity index is 2.71. The van der Waals surface area contributed by atoms with Crippen LogP contribution in [-0.2, 0) is 0 Å². The van der Waals surface area contributed by atoms with Gasteiger partial charge in [-0.3, -0.25) is 0 Å². The summed E-state index contributed by atoms with van der Waals surface area (Å²) in [4.78, 5) is 0. The Morgan fingerprint density at radius 3 is 2.60 bits per heavy atom. The number of nitrogens with two attached hydrogens (primary N) is 1. The maximum absolute atomic E-state index is 5.92. The molecular formula is C9H17N. The molecule has 58 valence electrons. The van der Waals surface area contributed by atoms with Crippen LogP contribution in [-0.4, -0.2) is 6.04 Å². The smallest absolute Gasteiger partial charge is 0.0277 e. The summed E-state index contributed by atoms with van der Waals surface area (Å²) in [5, 5.41) is 0. The summed E-state index contributed by atoms with van der Waals surface area (Å²) in [6.07, 6.45) is 3.54. The van der Waals surface area contributed by atoms with Gasteiger partial charge in [0.25, 0.3) is 0 Å². The first-order valence-electron chi connectivity index (χ1n) is 4.05. The Hall–Kier alpha value is -0.300. The Labute approximate surface area is 63.3 Å². The van der Waals surface area contributed by atoms with Crippen molar-refractivity contribution in [3.05, 3.63) is 11.6 Å². The van der Waals surface area contributed by atoms with Crippen molar-refractivity contribution >= 4 is 0 Å². The SMILES string of the molecule is CC1=CC(C)CC(C)C1N. The van der Waals surface area contributed by atoms with Crippen LogP contribution in [0.2, 0.25) is 0 Å². The maximum atomic E-state index is 5.92. The van der Waals surface area contributed by atoms with Gasteiger partial charge in [-0.15, -0.1) is 0 Å². The lowest BCUT2D eigenvalue weighted by molar-refractivity contribution is 0.391. The zero-order valence-corrected chi connectivity index (χ0v) is 7.09. The van der Waals surface area contributed by atoms with E-state index >= 15 is 0 Å². The molecule has 1 aliphatic carbocycles. The molecule has 2 N–H and O–H groups in total. The second-order valence-corrected chi connectivity index (χ2v) is 3.63. The van der Waals surface area contributed by atoms with Crippen LogP contribution >= 0.6 is 0 Å². The molecular weight excluding hydrogens is 122 g/mol. The van der Waals surface area contributed by atoms with E-state index in [1.165, 1.54) is 12.0 Å². The standard InChI is InChI=1S/C9H17N/c1-6-4-7(2)9(10)8(3)5-6/h4,6,8-9H,5,10H2,1-3H3. The highest BCUT2D eigenvalue weighted by Gasteiger charge is 2.21. The molecule has 0 aromatic carbocycles. The van der Waals surface area contributed by atoms with E-state index in [-0.39, 0.29) is 0 Å². The highest BCUT2D eigenvalue weighted by atomic mass is 14.7. The van der Waals surface area contributed by atoms with E-state index in [9.17, 15) is 0 Å². The van der Waals surface area contributed by atoms with Crippen LogP contribution in [0.3, 0.4) is 0 Å². The molecule has 0 spiro atoms. The van der Waals surface area contributed by atoms with Crippen LogP contribution in [0.15, 0.2) is 11.6 Å². The van der Waals surface area contributed by atoms with Crippen LogP contribution in [0.4, 0.5) is 0 Å². The van der Waals surface area contributed by atoms with Gasteiger partial charge in [0.1, 0.15) is 0 Å². The third-order valence-corrected chi connectivity index (χ3v) is 2.43. The quantitative estimate of drug-likeness (QED) is 0.510. The van der Waals surface area contributed by atoms with Gasteiger partial charge in [0.2, 0.25) is 0 Å². The largest absolute Gasteiger partial charge is 0.324 e. The molecule has 1 aliphatic rings. The van der Waals surface area contributed by atoms with Crippen LogP contribution in [0.5, 0.6) is 0 Å². The molecule has 1 nitrogen and oxygen atoms in total. The van der Waals surface area contributed by atoms with E-state index in [1.807, 2.05) is 0 Å². The Morgan fingerprint density at radius 1 is 1.50 bits per heavy atom. The molecule has 1 heteroatoms. The highest BCUT2D eigenvalue weighted by Crippen LogP contribution is 2.26. The summed E-state index contributed by atoms with van der Waals surface area (Å²) in [6.45, 7) is 6.63. The van der Waals surface area contributed by atoms with Crippen LogP contribution in [0.1, 0.15) is 27.2 Å². The van der Waals surface area contributed by atoms with Crippen molar-refractivity contribution < 1.29 is 0 Å². The molecule has 3 unspecified atom stereocenters. The highest BCUT2D eigenvalue weighted by molar-refractivity contribution is 5.13. The first-order chi connectivity index (χ1) is 4.61. The average molecular weight is 139 g/mol. The van der Waals surface area contributed by atoms with E-state index in [1.54, 1.807) is 0 Å². The molecule has 0 amide bonds. The van der Waals surface area contributed by atoms with Gasteiger partial charge in [-0.25, -0.2) is 0 Å². The van der Waals surface area contributed by atoms with Crippen molar-refractivity contribution in [3.8, 4) is 0 Å². The summed E-state index contributed by atoms with van der Waals surface area (Å²) >= 11 is 0. The van der Waals surface area contributed by atoms with Crippen LogP contribution < -0.4 is 5.73 Å². The number of hydrogen-bond donors (Lipinski definition) is 1. The molecule has 0 radical (unpaired) electrons. The van der Waals surface area contributed by atoms with Gasteiger partial charge in [-0.1, -0.05) is 25.5 Å². The lowest BCUT2D eigenvalue weighted by atomic mass is 9.81. The van der Waals surface area contributed by atoms with Crippen molar-refractivity contribution in [2.24, 2.45) is 17.6 Å². The minimum atomic E-state index is 0.316. The van der Waals surface area contributed by atoms with Crippen molar-refractivity contribution in [1.29, 1.82) is 0 Å². The summed E-state index contributed by atoms with van der Waals surface area (Å²) in [5.41, 5.74) is 7.28. The fourth-order valence-corrected chi connectivity index (χ4v) is 1.81. The summed E-state index contributed by atoms with van der Waals surface area (Å²) in [6, 6.07) is 0.316. The van der Waals surface area contributed by atoms with Gasteiger partial charge in [-0.05, 0) is 25.2 Å². The molecule has 3 atom stereocenters. The topological polar surface area (TPSA) is 26.0 Å². The minimum Gasteiger partial charge on any atom is -0.324 e. The predicted octanol–water partition coefficient (Wildman–Crippen LogP) is 1.94. The van der Waals surface area contributed by atoms with E-state index in [4.69, 9.17) is 5.73 Å². The van der Waals surface area contributed by atoms with E-state index in [0.717, 1.165) is 5.92 Å². The summed E-state index contributed by atoms with van der Waals surface area (Å²) in [7, 11) is 0. The van der Waals surface area contributed by atoms with Crippen molar-refractivity contribution in [2.75, 3.05) is 0 Å². The van der Waals surface area contributed by atoms with Gasteiger partial charge in [0.05, 0.1) is 0 Å². The average Bonchev–Trinajstić information content (AvgIpc) is 1.82. The third kappa shape index (κ3) is 1.40. The van der Waals surface area contributed by atoms with Gasteiger partial charge in [-0.2, -0.15) is 0 Å². The molecule has 0 saturated heterocycles.